The minimum absolute atomic E-state index is 0.00974. The molecule has 0 bridgehead atoms. The minimum Gasteiger partial charge on any atom is -0.469 e. The van der Waals surface area contributed by atoms with Crippen molar-refractivity contribution in [2.24, 2.45) is 50.7 Å². The third kappa shape index (κ3) is 4.29. The molecule has 4 saturated carbocycles. The second-order valence-corrected chi connectivity index (χ2v) is 17.2. The number of fused-ring (bicyclic) bond motifs is 5. The lowest BCUT2D eigenvalue weighted by Crippen LogP contribution is -2.65. The van der Waals surface area contributed by atoms with E-state index in [2.05, 4.69) is 51.1 Å². The molecular formula is C39H54O7. The lowest BCUT2D eigenvalue weighted by atomic mass is 9.37. The van der Waals surface area contributed by atoms with Gasteiger partial charge in [0, 0.05) is 23.7 Å². The quantitative estimate of drug-likeness (QED) is 0.239. The second-order valence-electron chi connectivity index (χ2n) is 17.2. The SMILES string of the molecule is COC(=O)C(CC(=O)CC(C)(O)CO)C1CC[C@]23C[C@]12CC[C@@H]1[C@@]2(C)CC=C4C[C@@H](c5ccccc5)OC[C@]4(C)[C@@H]2C[C@@H](O)[C@]13C. The largest absolute Gasteiger partial charge is 0.469 e. The first-order chi connectivity index (χ1) is 21.7. The van der Waals surface area contributed by atoms with Crippen molar-refractivity contribution < 1.29 is 34.4 Å². The van der Waals surface area contributed by atoms with Crippen molar-refractivity contribution in [3.8, 4) is 0 Å². The first-order valence-electron chi connectivity index (χ1n) is 17.7. The molecule has 1 aliphatic heterocycles. The third-order valence-corrected chi connectivity index (χ3v) is 15.2. The highest BCUT2D eigenvalue weighted by molar-refractivity contribution is 5.85. The Kier molecular flexibility index (Phi) is 7.57. The van der Waals surface area contributed by atoms with E-state index >= 15 is 0 Å². The van der Waals surface area contributed by atoms with Gasteiger partial charge in [0.2, 0.25) is 0 Å². The van der Waals surface area contributed by atoms with E-state index in [-0.39, 0.29) is 63.7 Å². The molecule has 3 unspecified atom stereocenters. The Morgan fingerprint density at radius 1 is 1.11 bits per heavy atom. The van der Waals surface area contributed by atoms with Gasteiger partial charge in [-0.15, -0.1) is 0 Å². The predicted octanol–water partition coefficient (Wildman–Crippen LogP) is 5.96. The highest BCUT2D eigenvalue weighted by Gasteiger charge is 2.85. The van der Waals surface area contributed by atoms with E-state index < -0.39 is 24.2 Å². The number of aliphatic hydroxyl groups excluding tert-OH is 2. The van der Waals surface area contributed by atoms with Crippen LogP contribution in [0.15, 0.2) is 42.0 Å². The van der Waals surface area contributed by atoms with Gasteiger partial charge in [0.1, 0.15) is 5.78 Å². The Bertz CT molecular complexity index is 1420. The van der Waals surface area contributed by atoms with Gasteiger partial charge in [-0.3, -0.25) is 9.59 Å². The Balaban J connectivity index is 1.17. The van der Waals surface area contributed by atoms with Gasteiger partial charge >= 0.3 is 5.97 Å². The predicted molar refractivity (Wildman–Crippen MR) is 173 cm³/mol. The monoisotopic (exact) mass is 634 g/mol. The number of hydrogen-bond acceptors (Lipinski definition) is 7. The van der Waals surface area contributed by atoms with E-state index in [1.807, 2.05) is 6.07 Å². The zero-order chi connectivity index (χ0) is 32.9. The van der Waals surface area contributed by atoms with Crippen LogP contribution in [0.5, 0.6) is 0 Å². The van der Waals surface area contributed by atoms with Gasteiger partial charge in [0.25, 0.3) is 0 Å². The van der Waals surface area contributed by atoms with Crippen molar-refractivity contribution in [1.29, 1.82) is 0 Å². The summed E-state index contributed by atoms with van der Waals surface area (Å²) in [6.07, 6.45) is 9.48. The number of aliphatic hydroxyl groups is 3. The highest BCUT2D eigenvalue weighted by atomic mass is 16.5. The Morgan fingerprint density at radius 3 is 2.54 bits per heavy atom. The highest BCUT2D eigenvalue weighted by Crippen LogP contribution is 2.90. The van der Waals surface area contributed by atoms with Crippen LogP contribution < -0.4 is 0 Å². The normalized spacial score (nSPS) is 45.8. The molecule has 5 aliphatic carbocycles. The van der Waals surface area contributed by atoms with Crippen LogP contribution in [0.25, 0.3) is 0 Å². The second kappa shape index (κ2) is 10.7. The van der Waals surface area contributed by atoms with Crippen LogP contribution in [0.1, 0.15) is 104 Å². The number of ether oxygens (including phenoxy) is 2. The lowest BCUT2D eigenvalue weighted by Gasteiger charge is -2.68. The maximum Gasteiger partial charge on any atom is 0.309 e. The molecule has 7 rings (SSSR count). The fourth-order valence-corrected chi connectivity index (χ4v) is 13.0. The molecule has 6 aliphatic rings. The van der Waals surface area contributed by atoms with Crippen LogP contribution in [0.3, 0.4) is 0 Å². The summed E-state index contributed by atoms with van der Waals surface area (Å²) in [6.45, 7) is 8.86. The van der Waals surface area contributed by atoms with Gasteiger partial charge in [-0.1, -0.05) is 62.8 Å². The molecule has 12 atom stereocenters. The number of Topliss-reactive ketones (excluding diaryl/α,β-unsaturated/α-hetero) is 1. The smallest absolute Gasteiger partial charge is 0.309 e. The van der Waals surface area contributed by atoms with Crippen molar-refractivity contribution in [2.75, 3.05) is 20.3 Å². The fraction of sp³-hybridized carbons (Fsp3) is 0.744. The summed E-state index contributed by atoms with van der Waals surface area (Å²) in [5.74, 6) is -0.468. The topological polar surface area (TPSA) is 113 Å². The molecule has 252 valence electrons. The molecule has 3 N–H and O–H groups in total. The van der Waals surface area contributed by atoms with Crippen molar-refractivity contribution in [1.82, 2.24) is 0 Å². The number of ketones is 1. The van der Waals surface area contributed by atoms with Crippen LogP contribution in [-0.2, 0) is 19.1 Å². The van der Waals surface area contributed by atoms with E-state index in [0.29, 0.717) is 18.4 Å². The van der Waals surface area contributed by atoms with Crippen LogP contribution >= 0.6 is 0 Å². The maximum absolute atomic E-state index is 13.3. The minimum atomic E-state index is -1.50. The van der Waals surface area contributed by atoms with Gasteiger partial charge in [-0.05, 0) is 97.9 Å². The van der Waals surface area contributed by atoms with Gasteiger partial charge in [-0.2, -0.15) is 0 Å². The van der Waals surface area contributed by atoms with Crippen LogP contribution in [0.2, 0.25) is 0 Å². The van der Waals surface area contributed by atoms with Crippen LogP contribution in [-0.4, -0.2) is 59.1 Å². The first kappa shape index (κ1) is 32.5. The van der Waals surface area contributed by atoms with E-state index in [9.17, 15) is 24.9 Å². The standard InChI is InChI=1S/C39H54O7/c1-34(44,22-40)20-26(41)18-27(33(43)45-5)28-12-16-39-21-38(28,39)15-13-30-35(2)14-11-25-17-29(24-9-7-6-8-10-24)46-23-36(25,3)31(35)19-32(42)37(30,39)4/h6-11,27-32,40,42,44H,12-23H2,1-5H3/t27?,28?,29-,30+,31+,32+,34?,35+,36-,37-,38+,39+/m0/s1. The molecule has 0 amide bonds. The van der Waals surface area contributed by atoms with Crippen LogP contribution in [0, 0.1) is 50.7 Å². The lowest BCUT2D eigenvalue weighted by molar-refractivity contribution is -0.225. The number of esters is 1. The first-order valence-corrected chi connectivity index (χ1v) is 17.7. The van der Waals surface area contributed by atoms with E-state index in [1.165, 1.54) is 25.2 Å². The number of methoxy groups -OCH3 is 1. The summed E-state index contributed by atoms with van der Waals surface area (Å²) in [4.78, 5) is 26.4. The molecule has 1 aromatic carbocycles. The zero-order valence-corrected chi connectivity index (χ0v) is 28.4. The molecular weight excluding hydrogens is 580 g/mol. The van der Waals surface area contributed by atoms with Crippen LogP contribution in [0.4, 0.5) is 0 Å². The maximum atomic E-state index is 13.3. The van der Waals surface area contributed by atoms with Crippen molar-refractivity contribution in [3.63, 3.8) is 0 Å². The molecule has 7 nitrogen and oxygen atoms in total. The van der Waals surface area contributed by atoms with Crippen molar-refractivity contribution in [2.45, 2.75) is 110 Å². The Morgan fingerprint density at radius 2 is 1.85 bits per heavy atom. The van der Waals surface area contributed by atoms with Crippen molar-refractivity contribution >= 4 is 11.8 Å². The average Bonchev–Trinajstić information content (AvgIpc) is 3.61. The average molecular weight is 635 g/mol. The molecule has 1 aromatic rings. The molecule has 7 heteroatoms. The van der Waals surface area contributed by atoms with Gasteiger partial charge < -0.3 is 24.8 Å². The van der Waals surface area contributed by atoms with E-state index in [0.717, 1.165) is 51.4 Å². The summed E-state index contributed by atoms with van der Waals surface area (Å²) in [5.41, 5.74) is 0.720. The molecule has 0 radical (unpaired) electrons. The number of hydrogen-bond donors (Lipinski definition) is 3. The molecule has 46 heavy (non-hydrogen) atoms. The number of benzene rings is 1. The number of allylic oxidation sites excluding steroid dienone is 1. The molecule has 1 saturated heterocycles. The Labute approximate surface area is 274 Å². The van der Waals surface area contributed by atoms with Gasteiger partial charge in [0.05, 0.1) is 44.1 Å². The molecule has 1 heterocycles. The summed E-state index contributed by atoms with van der Waals surface area (Å²) in [6, 6.07) is 10.5. The van der Waals surface area contributed by atoms with Gasteiger partial charge in [-0.25, -0.2) is 0 Å². The summed E-state index contributed by atoms with van der Waals surface area (Å²) in [7, 11) is 1.39. The fourth-order valence-electron chi connectivity index (χ4n) is 13.0. The molecule has 5 fully saturated rings. The number of carbonyl (C=O) groups excluding carboxylic acids is 2. The summed E-state index contributed by atoms with van der Waals surface area (Å²) in [5, 5.41) is 32.3. The zero-order valence-electron chi connectivity index (χ0n) is 28.4. The third-order valence-electron chi connectivity index (χ3n) is 15.2. The number of carbonyl (C=O) groups is 2. The van der Waals surface area contributed by atoms with Crippen molar-refractivity contribution in [3.05, 3.63) is 47.5 Å². The van der Waals surface area contributed by atoms with E-state index in [4.69, 9.17) is 9.47 Å². The summed E-state index contributed by atoms with van der Waals surface area (Å²) < 4.78 is 11.9. The van der Waals surface area contributed by atoms with E-state index in [1.54, 1.807) is 0 Å². The summed E-state index contributed by atoms with van der Waals surface area (Å²) >= 11 is 0. The van der Waals surface area contributed by atoms with Gasteiger partial charge in [0.15, 0.2) is 0 Å². The number of rotatable bonds is 8. The molecule has 0 spiro atoms. The molecule has 0 aromatic heterocycles. The Hall–Kier alpha value is -2.06.